The van der Waals surface area contributed by atoms with E-state index in [1.54, 1.807) is 0 Å². The maximum absolute atomic E-state index is 8.70. The third kappa shape index (κ3) is 788. The zero-order valence-corrected chi connectivity index (χ0v) is 10.6. The summed E-state index contributed by atoms with van der Waals surface area (Å²) in [5, 5.41) is 16.7. The van der Waals surface area contributed by atoms with Gasteiger partial charge in [0.25, 0.3) is 0 Å². The molecule has 0 fully saturated rings. The van der Waals surface area contributed by atoms with Gasteiger partial charge in [0.15, 0.2) is 0 Å². The predicted molar refractivity (Wildman–Crippen MR) is 20.5 cm³/mol. The van der Waals surface area contributed by atoms with Crippen LogP contribution in [0.15, 0.2) is 0 Å². The van der Waals surface area contributed by atoms with Gasteiger partial charge in [-0.2, -0.15) is 0 Å². The molecule has 0 aliphatic heterocycles. The molecule has 56 valence electrons. The van der Waals surface area contributed by atoms with Gasteiger partial charge >= 0.3 is 82.0 Å². The summed E-state index contributed by atoms with van der Waals surface area (Å²) < 4.78 is 33.1. The average Bonchev–Trinajstić information content (AvgIpc) is 1.19. The summed E-state index contributed by atoms with van der Waals surface area (Å²) in [4.78, 5) is 8.33. The topological polar surface area (TPSA) is 141 Å². The van der Waals surface area contributed by atoms with Crippen LogP contribution in [-0.4, -0.2) is 46.8 Å². The van der Waals surface area contributed by atoms with Gasteiger partial charge in [0.2, 0.25) is 0 Å². The van der Waals surface area contributed by atoms with Crippen LogP contribution in [0.5, 0.6) is 0 Å². The second kappa shape index (κ2) is 11.1. The van der Waals surface area contributed by atoms with Gasteiger partial charge in [-0.25, -0.2) is 0 Å². The van der Waals surface area contributed by atoms with Crippen LogP contribution in [0.4, 0.5) is 4.79 Å². The smallest absolute Gasteiger partial charge is 1.00 e. The van der Waals surface area contributed by atoms with Gasteiger partial charge in [-0.05, 0) is 6.16 Å². The largest absolute Gasteiger partial charge is 2.00 e. The van der Waals surface area contributed by atoms with Crippen LogP contribution in [0.2, 0.25) is 0 Å². The summed E-state index contributed by atoms with van der Waals surface area (Å²) in [6.45, 7) is 0. The van der Waals surface area contributed by atoms with Crippen LogP contribution in [0.1, 0.15) is 0 Å². The summed E-state index contributed by atoms with van der Waals surface area (Å²) in [6, 6.07) is 0. The molecular weight excluding hydrogens is 250 g/mol. The maximum atomic E-state index is 8.70. The van der Waals surface area contributed by atoms with Gasteiger partial charge in [-0.1, -0.05) is 0 Å². The van der Waals surface area contributed by atoms with Crippen molar-refractivity contribution < 1.29 is 60.6 Å². The zero-order valence-electron chi connectivity index (χ0n) is 5.51. The van der Waals surface area contributed by atoms with E-state index < -0.39 is 19.5 Å². The molecule has 0 aliphatic carbocycles. The first-order valence-corrected chi connectivity index (χ1v) is 4.16. The molecule has 0 amide bonds. The quantitative estimate of drug-likeness (QED) is 0.421. The minimum atomic E-state index is -5.50. The Morgan fingerprint density at radius 1 is 1.27 bits per heavy atom. The molecule has 1 N–H and O–H groups in total. The summed E-state index contributed by atoms with van der Waals surface area (Å²) in [5.74, 6) is 0. The monoisotopic (exact) mass is 252 g/mol. The summed E-state index contributed by atoms with van der Waals surface area (Å²) in [7, 11) is 0. The molecule has 7 nitrogen and oxygen atoms in total. The molecule has 0 rings (SSSR count). The Morgan fingerprint density at radius 3 is 1.27 bits per heavy atom. The van der Waals surface area contributed by atoms with Crippen molar-refractivity contribution in [2.45, 2.75) is 0 Å². The fraction of sp³-hybridized carbons (Fsp3) is 0. The molecule has 0 bridgehead atoms. The molecule has 0 saturated heterocycles. The minimum absolute atomic E-state index is 0. The van der Waals surface area contributed by atoms with E-state index in [0.717, 1.165) is 0 Å². The molecule has 0 aliphatic rings. The average molecular weight is 251 g/mol. The van der Waals surface area contributed by atoms with Crippen molar-refractivity contribution in [1.82, 2.24) is 0 Å². The number of carbonyl (C=O) groups is 1. The van der Waals surface area contributed by atoms with E-state index >= 15 is 0 Å². The predicted octanol–water partition coefficient (Wildman–Crippen LogP) is -8.19. The van der Waals surface area contributed by atoms with Gasteiger partial charge in [-0.3, -0.25) is 0 Å². The second-order valence-electron chi connectivity index (χ2n) is 0.678. The van der Waals surface area contributed by atoms with Gasteiger partial charge in [0.05, 0.1) is 0 Å². The fourth-order valence-electron chi connectivity index (χ4n) is 0. The number of hydrogen-bond acceptors (Lipinski definition) is 6. The molecule has 0 unspecified atom stereocenters. The Labute approximate surface area is 102 Å². The van der Waals surface area contributed by atoms with E-state index in [0.29, 0.717) is 0 Å². The number of rotatable bonds is 0. The molecule has 0 aromatic heterocycles. The van der Waals surface area contributed by atoms with Crippen LogP contribution in [-0.2, 0) is 7.67 Å². The van der Waals surface area contributed by atoms with Crippen LogP contribution in [0.3, 0.4) is 0 Å². The van der Waals surface area contributed by atoms with Gasteiger partial charge in [0.1, 0.15) is 0 Å². The molecule has 0 aromatic rings. The van der Waals surface area contributed by atoms with Crippen molar-refractivity contribution in [2.24, 2.45) is 0 Å². The molecule has 0 aromatic carbocycles. The van der Waals surface area contributed by atoms with E-state index in [9.17, 15) is 0 Å². The van der Waals surface area contributed by atoms with Gasteiger partial charge in [-0.15, -0.1) is 0 Å². The molecule has 0 radical (unpaired) electrons. The number of carboxylic acid groups (broad SMARTS) is 2. The number of carbonyl (C=O) groups excluding carboxylic acids is 1. The van der Waals surface area contributed by atoms with E-state index in [-0.39, 0.29) is 52.6 Å². The summed E-state index contributed by atoms with van der Waals surface area (Å²) in [5.41, 5.74) is 0. The van der Waals surface area contributed by atoms with Crippen molar-refractivity contribution in [3.8, 4) is 0 Å². The number of hydrogen-bond donors (Lipinski definition) is 1. The van der Waals surface area contributed by atoms with E-state index in [2.05, 4.69) is 0 Å². The van der Waals surface area contributed by atoms with Crippen molar-refractivity contribution >= 4 is 42.6 Å². The fourth-order valence-corrected chi connectivity index (χ4v) is 0. The second-order valence-corrected chi connectivity index (χ2v) is 2.47. The zero-order chi connectivity index (χ0) is 8.08. The van der Waals surface area contributed by atoms with Crippen molar-refractivity contribution in [1.29, 1.82) is 0 Å². The molecule has 10 heteroatoms. The summed E-state index contributed by atoms with van der Waals surface area (Å²) >= 11 is -5.50. The van der Waals surface area contributed by atoms with Crippen LogP contribution >= 0.6 is 0 Å². The third-order valence-electron chi connectivity index (χ3n) is 0. The minimum Gasteiger partial charge on any atom is 1.00 e. The Balaban J connectivity index is -0.0000000383. The normalized spacial score (nSPS) is 7.45. The first-order valence-electron chi connectivity index (χ1n) is 1.29. The molecular formula is CHMgNaO7Se. The maximum Gasteiger partial charge on any atom is 2.00 e. The van der Waals surface area contributed by atoms with Crippen LogP contribution < -0.4 is 44.0 Å². The van der Waals surface area contributed by atoms with E-state index in [1.165, 1.54) is 0 Å². The standard InChI is InChI=1S/CH2O3.Mg.Na.H2O4Se/c2-1(3)4;;;1-5(2,3)4/h(H2,2,3,4);;;(H2,1,2,3,4)/q;+2;+1;/p-3. The Morgan fingerprint density at radius 2 is 1.27 bits per heavy atom. The first kappa shape index (κ1) is 22.7. The molecule has 0 spiro atoms. The van der Waals surface area contributed by atoms with E-state index in [1.807, 2.05) is 0 Å². The summed E-state index contributed by atoms with van der Waals surface area (Å²) in [6.07, 6.45) is -2.33. The Bertz CT molecular complexity index is 161. The van der Waals surface area contributed by atoms with Crippen LogP contribution in [0, 0.1) is 0 Å². The third-order valence-corrected chi connectivity index (χ3v) is 0. The van der Waals surface area contributed by atoms with Crippen molar-refractivity contribution in [2.75, 3.05) is 0 Å². The van der Waals surface area contributed by atoms with Crippen molar-refractivity contribution in [3.05, 3.63) is 0 Å². The van der Waals surface area contributed by atoms with Crippen LogP contribution in [0.25, 0.3) is 0 Å². The molecule has 11 heavy (non-hydrogen) atoms. The molecule has 0 saturated carbocycles. The SMILES string of the molecule is O=C([O-])[O-].O=[Se](=O)([O-])O.[Mg+2].[Na+]. The van der Waals surface area contributed by atoms with Gasteiger partial charge < -0.3 is 15.0 Å². The molecule has 0 atom stereocenters. The Hall–Kier alpha value is 1.08. The molecule has 0 heterocycles. The van der Waals surface area contributed by atoms with Gasteiger partial charge in [0, 0.05) is 0 Å². The Kier molecular flexibility index (Phi) is 22.9. The first-order chi connectivity index (χ1) is 3.73. The van der Waals surface area contributed by atoms with E-state index in [4.69, 9.17) is 31.1 Å². The van der Waals surface area contributed by atoms with Crippen molar-refractivity contribution in [3.63, 3.8) is 0 Å².